The van der Waals surface area contributed by atoms with Gasteiger partial charge in [0.05, 0.1) is 6.54 Å². The summed E-state index contributed by atoms with van der Waals surface area (Å²) in [7, 11) is 0. The number of amides is 1. The molecule has 0 bridgehead atoms. The Bertz CT molecular complexity index is 1030. The number of nitrogens with zero attached hydrogens (tertiary/aromatic N) is 2. The highest BCUT2D eigenvalue weighted by Gasteiger charge is 2.29. The van der Waals surface area contributed by atoms with E-state index in [1.165, 1.54) is 40.6 Å². The summed E-state index contributed by atoms with van der Waals surface area (Å²) in [6, 6.07) is 17.5. The number of fused-ring (bicyclic) bond motifs is 2. The number of aromatic amines is 1. The predicted octanol–water partition coefficient (Wildman–Crippen LogP) is 3.83. The molecule has 5 rings (SSSR count). The van der Waals surface area contributed by atoms with Crippen LogP contribution in [-0.4, -0.2) is 48.5 Å². The van der Waals surface area contributed by atoms with Crippen LogP contribution in [0.3, 0.4) is 0 Å². The number of para-hydroxylation sites is 1. The number of likely N-dealkylation sites (tertiary alicyclic amines) is 1. The lowest BCUT2D eigenvalue weighted by atomic mass is 9.88. The lowest BCUT2D eigenvalue weighted by molar-refractivity contribution is -0.116. The van der Waals surface area contributed by atoms with Gasteiger partial charge in [0.2, 0.25) is 5.91 Å². The number of rotatable bonds is 6. The third-order valence-electron chi connectivity index (χ3n) is 6.93. The Morgan fingerprint density at radius 1 is 1.10 bits per heavy atom. The van der Waals surface area contributed by atoms with Gasteiger partial charge in [-0.25, -0.2) is 0 Å². The number of H-pyrrole nitrogens is 1. The Labute approximate surface area is 177 Å². The van der Waals surface area contributed by atoms with Crippen molar-refractivity contribution >= 4 is 22.5 Å². The van der Waals surface area contributed by atoms with Crippen molar-refractivity contribution in [2.45, 2.75) is 31.1 Å². The zero-order valence-electron chi connectivity index (χ0n) is 17.4. The van der Waals surface area contributed by atoms with Crippen molar-refractivity contribution in [1.82, 2.24) is 9.88 Å². The van der Waals surface area contributed by atoms with Gasteiger partial charge >= 0.3 is 0 Å². The third kappa shape index (κ3) is 3.82. The zero-order chi connectivity index (χ0) is 20.5. The lowest BCUT2D eigenvalue weighted by Crippen LogP contribution is -2.35. The molecule has 0 spiro atoms. The van der Waals surface area contributed by atoms with Crippen LogP contribution in [0.15, 0.2) is 54.7 Å². The number of piperidine rings is 1. The number of anilines is 1. The molecule has 30 heavy (non-hydrogen) atoms. The maximum atomic E-state index is 11.5. The van der Waals surface area contributed by atoms with Crippen molar-refractivity contribution < 1.29 is 4.79 Å². The Balaban J connectivity index is 1.17. The van der Waals surface area contributed by atoms with E-state index in [0.29, 0.717) is 18.4 Å². The smallest absolute Gasteiger partial charge is 0.236 e. The molecule has 1 saturated heterocycles. The highest BCUT2D eigenvalue weighted by Crippen LogP contribution is 2.38. The van der Waals surface area contributed by atoms with Crippen molar-refractivity contribution in [3.8, 4) is 0 Å². The quantitative estimate of drug-likeness (QED) is 0.659. The summed E-state index contributed by atoms with van der Waals surface area (Å²) in [5, 5.41) is 1.32. The Morgan fingerprint density at radius 2 is 1.93 bits per heavy atom. The Hall–Kier alpha value is -2.79. The molecule has 3 aromatic rings. The lowest BCUT2D eigenvalue weighted by Gasteiger charge is -2.33. The van der Waals surface area contributed by atoms with E-state index in [-0.39, 0.29) is 5.91 Å². The van der Waals surface area contributed by atoms with Crippen LogP contribution in [0, 0.1) is 0 Å². The zero-order valence-corrected chi connectivity index (χ0v) is 17.4. The molecule has 1 aromatic heterocycles. The van der Waals surface area contributed by atoms with Gasteiger partial charge in [-0.05, 0) is 85.6 Å². The van der Waals surface area contributed by atoms with E-state index in [1.807, 2.05) is 12.3 Å². The number of hydrogen-bond donors (Lipinski definition) is 2. The molecular formula is C25H30N4O. The summed E-state index contributed by atoms with van der Waals surface area (Å²) >= 11 is 0. The molecule has 1 fully saturated rings. The molecule has 3 N–H and O–H groups in total. The van der Waals surface area contributed by atoms with Crippen molar-refractivity contribution in [1.29, 1.82) is 0 Å². The van der Waals surface area contributed by atoms with Crippen molar-refractivity contribution in [2.75, 3.05) is 37.6 Å². The molecule has 2 aliphatic rings. The van der Waals surface area contributed by atoms with Gasteiger partial charge in [-0.15, -0.1) is 0 Å². The highest BCUT2D eigenvalue weighted by atomic mass is 16.1. The Morgan fingerprint density at radius 3 is 2.77 bits per heavy atom. The van der Waals surface area contributed by atoms with Crippen LogP contribution in [0.1, 0.15) is 42.2 Å². The second-order valence-electron chi connectivity index (χ2n) is 8.83. The summed E-state index contributed by atoms with van der Waals surface area (Å²) in [5.41, 5.74) is 10.7. The van der Waals surface area contributed by atoms with E-state index >= 15 is 0 Å². The molecule has 0 saturated carbocycles. The summed E-state index contributed by atoms with van der Waals surface area (Å²) in [4.78, 5) is 19.5. The average molecular weight is 403 g/mol. The summed E-state index contributed by atoms with van der Waals surface area (Å²) in [5.74, 6) is 0.887. The number of carbonyl (C=O) groups is 1. The van der Waals surface area contributed by atoms with E-state index in [4.69, 9.17) is 5.73 Å². The Kier molecular flexibility index (Phi) is 5.21. The van der Waals surface area contributed by atoms with Gasteiger partial charge in [-0.3, -0.25) is 4.79 Å². The van der Waals surface area contributed by atoms with E-state index < -0.39 is 0 Å². The number of nitrogens with one attached hydrogen (secondary N) is 1. The largest absolute Gasteiger partial charge is 0.368 e. The van der Waals surface area contributed by atoms with E-state index in [1.54, 1.807) is 0 Å². The first-order valence-corrected chi connectivity index (χ1v) is 11.1. The van der Waals surface area contributed by atoms with E-state index in [0.717, 1.165) is 32.6 Å². The molecule has 3 heterocycles. The number of hydrogen-bond acceptors (Lipinski definition) is 3. The minimum absolute atomic E-state index is 0.259. The first-order chi connectivity index (χ1) is 14.7. The molecule has 5 nitrogen and oxygen atoms in total. The molecule has 0 aliphatic carbocycles. The first kappa shape index (κ1) is 19.2. The van der Waals surface area contributed by atoms with Crippen LogP contribution in [0.2, 0.25) is 0 Å². The molecule has 0 unspecified atom stereocenters. The highest BCUT2D eigenvalue weighted by molar-refractivity contribution is 5.81. The van der Waals surface area contributed by atoms with Crippen LogP contribution < -0.4 is 10.6 Å². The standard InChI is InChI=1S/C25H30N4O/c26-25(30)17-29-16-21(22-3-1-2-4-24(22)29)10-14-28-12-8-18(9-13-28)19-5-6-23-20(15-19)7-11-27-23/h1-7,11,15,18,21,27H,8-10,12-14,16-17H2,(H2,26,30)/t21-/m1/s1. The summed E-state index contributed by atoms with van der Waals surface area (Å²) < 4.78 is 0. The topological polar surface area (TPSA) is 65.4 Å². The van der Waals surface area contributed by atoms with Crippen LogP contribution in [0.25, 0.3) is 10.9 Å². The van der Waals surface area contributed by atoms with Crippen LogP contribution in [0.5, 0.6) is 0 Å². The van der Waals surface area contributed by atoms with Gasteiger partial charge in [-0.2, -0.15) is 0 Å². The monoisotopic (exact) mass is 402 g/mol. The molecular weight excluding hydrogens is 372 g/mol. The SMILES string of the molecule is NC(=O)CN1C[C@@H](CCN2CCC(c3ccc4[nH]ccc4c3)CC2)c2ccccc21. The summed E-state index contributed by atoms with van der Waals surface area (Å²) in [6.07, 6.45) is 5.60. The fraction of sp³-hybridized carbons (Fsp3) is 0.400. The second kappa shape index (κ2) is 8.15. The fourth-order valence-corrected chi connectivity index (χ4v) is 5.32. The summed E-state index contributed by atoms with van der Waals surface area (Å²) in [6.45, 7) is 4.65. The van der Waals surface area contributed by atoms with Crippen molar-refractivity contribution in [3.63, 3.8) is 0 Å². The number of nitrogens with two attached hydrogens (primary N) is 1. The third-order valence-corrected chi connectivity index (χ3v) is 6.93. The van der Waals surface area contributed by atoms with Gasteiger partial charge in [0.1, 0.15) is 0 Å². The van der Waals surface area contributed by atoms with Crippen molar-refractivity contribution in [3.05, 3.63) is 65.9 Å². The maximum absolute atomic E-state index is 11.5. The average Bonchev–Trinajstić information content (AvgIpc) is 3.37. The molecule has 5 heteroatoms. The minimum Gasteiger partial charge on any atom is -0.368 e. The number of primary amides is 1. The van der Waals surface area contributed by atoms with Crippen LogP contribution >= 0.6 is 0 Å². The number of aromatic nitrogens is 1. The van der Waals surface area contributed by atoms with E-state index in [2.05, 4.69) is 57.2 Å². The minimum atomic E-state index is -0.259. The van der Waals surface area contributed by atoms with E-state index in [9.17, 15) is 4.79 Å². The fourth-order valence-electron chi connectivity index (χ4n) is 5.32. The van der Waals surface area contributed by atoms with Crippen LogP contribution in [0.4, 0.5) is 5.69 Å². The van der Waals surface area contributed by atoms with Gasteiger partial charge in [0.15, 0.2) is 0 Å². The first-order valence-electron chi connectivity index (χ1n) is 11.1. The van der Waals surface area contributed by atoms with Gasteiger partial charge in [0.25, 0.3) is 0 Å². The second-order valence-corrected chi connectivity index (χ2v) is 8.83. The molecule has 2 aliphatic heterocycles. The predicted molar refractivity (Wildman–Crippen MR) is 122 cm³/mol. The molecule has 2 aromatic carbocycles. The molecule has 0 radical (unpaired) electrons. The van der Waals surface area contributed by atoms with Gasteiger partial charge < -0.3 is 20.5 Å². The van der Waals surface area contributed by atoms with Crippen molar-refractivity contribution in [2.24, 2.45) is 5.73 Å². The number of carbonyl (C=O) groups excluding carboxylic acids is 1. The van der Waals surface area contributed by atoms with Gasteiger partial charge in [0, 0.05) is 29.9 Å². The van der Waals surface area contributed by atoms with Crippen LogP contribution in [-0.2, 0) is 4.79 Å². The number of benzene rings is 2. The molecule has 1 amide bonds. The molecule has 1 atom stereocenters. The maximum Gasteiger partial charge on any atom is 0.236 e. The van der Waals surface area contributed by atoms with Gasteiger partial charge in [-0.1, -0.05) is 24.3 Å². The normalized spacial score (nSPS) is 20.0. The molecule has 156 valence electrons.